The Bertz CT molecular complexity index is 1340. The second kappa shape index (κ2) is 8.42. The second-order valence-electron chi connectivity index (χ2n) is 9.24. The fraction of sp³-hybridized carbons (Fsp3) is 0.269. The number of ether oxygens (including phenoxy) is 2. The predicted octanol–water partition coefficient (Wildman–Crippen LogP) is 0.256. The van der Waals surface area contributed by atoms with Gasteiger partial charge in [0.2, 0.25) is 0 Å². The monoisotopic (exact) mass is 508 g/mol. The SMILES string of the molecule is O=C1c2ccccc2C2(c3ccc(O)cc3Oc3cc(O)ccc32)N1N[C@@H]1O[C@H](CO)[C@H](O)[C@H](O)[C@H]1O. The van der Waals surface area contributed by atoms with E-state index in [1.165, 1.54) is 29.3 Å². The lowest BCUT2D eigenvalue weighted by molar-refractivity contribution is -0.247. The summed E-state index contributed by atoms with van der Waals surface area (Å²) in [6.07, 6.45) is -7.51. The van der Waals surface area contributed by atoms with Crippen LogP contribution in [0.3, 0.4) is 0 Å². The molecule has 0 bridgehead atoms. The molecule has 1 saturated heterocycles. The Hall–Kier alpha value is -3.71. The third-order valence-electron chi connectivity index (χ3n) is 7.16. The van der Waals surface area contributed by atoms with E-state index in [0.717, 1.165) is 0 Å². The molecule has 3 aliphatic rings. The Morgan fingerprint density at radius 2 is 1.46 bits per heavy atom. The Kier molecular flexibility index (Phi) is 5.38. The summed E-state index contributed by atoms with van der Waals surface area (Å²) in [5, 5.41) is 62.6. The van der Waals surface area contributed by atoms with Gasteiger partial charge in [0.1, 0.15) is 53.0 Å². The first kappa shape index (κ1) is 23.7. The first-order valence-corrected chi connectivity index (χ1v) is 11.6. The highest BCUT2D eigenvalue weighted by Gasteiger charge is 2.58. The van der Waals surface area contributed by atoms with Gasteiger partial charge < -0.3 is 40.1 Å². The number of phenols is 2. The maximum atomic E-state index is 13.9. The third kappa shape index (κ3) is 3.26. The maximum Gasteiger partial charge on any atom is 0.269 e. The lowest BCUT2D eigenvalue weighted by Gasteiger charge is -2.47. The van der Waals surface area contributed by atoms with Gasteiger partial charge in [-0.3, -0.25) is 9.80 Å². The molecule has 11 heteroatoms. The number of phenolic OH excluding ortho intramolecular Hbond substituents is 2. The average molecular weight is 508 g/mol. The minimum atomic E-state index is -1.66. The fourth-order valence-corrected chi connectivity index (χ4v) is 5.45. The molecule has 0 aromatic heterocycles. The van der Waals surface area contributed by atoms with Gasteiger partial charge in [-0.05, 0) is 30.3 Å². The molecule has 3 aromatic rings. The van der Waals surface area contributed by atoms with E-state index in [1.807, 2.05) is 0 Å². The van der Waals surface area contributed by atoms with Crippen LogP contribution in [0.15, 0.2) is 60.7 Å². The summed E-state index contributed by atoms with van der Waals surface area (Å²) in [6, 6.07) is 15.8. The standard InChI is InChI=1S/C26H24N2O9/c29-11-20-21(32)22(33)23(34)24(37-20)27-28-25(35)14-3-1-2-4-15(14)26(28)16-7-5-12(30)9-18(16)36-19-10-13(31)6-8-17(19)26/h1-10,20-24,27,29-34H,11H2/t20-,21+,22+,23-,24-/m1/s1. The van der Waals surface area contributed by atoms with Crippen LogP contribution >= 0.6 is 0 Å². The van der Waals surface area contributed by atoms with Crippen LogP contribution < -0.4 is 10.2 Å². The van der Waals surface area contributed by atoms with Crippen LogP contribution in [0.25, 0.3) is 0 Å². The highest BCUT2D eigenvalue weighted by Crippen LogP contribution is 2.57. The summed E-state index contributed by atoms with van der Waals surface area (Å²) in [7, 11) is 0. The number of hydrogen-bond acceptors (Lipinski definition) is 10. The molecule has 0 unspecified atom stereocenters. The summed E-state index contributed by atoms with van der Waals surface area (Å²) >= 11 is 0. The number of carbonyl (C=O) groups excluding carboxylic acids is 1. The van der Waals surface area contributed by atoms with Gasteiger partial charge in [-0.2, -0.15) is 5.43 Å². The van der Waals surface area contributed by atoms with Crippen LogP contribution in [0, 0.1) is 0 Å². The number of aliphatic hydroxyl groups excluding tert-OH is 4. The maximum absolute atomic E-state index is 13.9. The van der Waals surface area contributed by atoms with Crippen molar-refractivity contribution in [1.82, 2.24) is 10.4 Å². The van der Waals surface area contributed by atoms with Crippen molar-refractivity contribution in [1.29, 1.82) is 0 Å². The van der Waals surface area contributed by atoms with E-state index in [4.69, 9.17) is 9.47 Å². The number of nitrogens with zero attached hydrogens (tertiary/aromatic N) is 1. The van der Waals surface area contributed by atoms with Gasteiger partial charge in [0.05, 0.1) is 6.61 Å². The molecule has 11 nitrogen and oxygen atoms in total. The number of aromatic hydroxyl groups is 2. The second-order valence-corrected chi connectivity index (χ2v) is 9.24. The number of fused-ring (bicyclic) bond motifs is 6. The van der Waals surface area contributed by atoms with Gasteiger partial charge in [0, 0.05) is 34.4 Å². The number of benzene rings is 3. The predicted molar refractivity (Wildman–Crippen MR) is 126 cm³/mol. The number of hydrogen-bond donors (Lipinski definition) is 7. The lowest BCUT2D eigenvalue weighted by Crippen LogP contribution is -2.67. The van der Waals surface area contributed by atoms with E-state index < -0.39 is 48.7 Å². The van der Waals surface area contributed by atoms with Crippen LogP contribution in [0.2, 0.25) is 0 Å². The molecule has 5 atom stereocenters. The normalized spacial score (nSPS) is 27.4. The van der Waals surface area contributed by atoms with Crippen LogP contribution in [-0.4, -0.2) is 78.8 Å². The molecule has 1 spiro atoms. The molecule has 37 heavy (non-hydrogen) atoms. The van der Waals surface area contributed by atoms with E-state index in [1.54, 1.807) is 36.4 Å². The molecule has 0 radical (unpaired) electrons. The summed E-state index contributed by atoms with van der Waals surface area (Å²) < 4.78 is 11.7. The minimum absolute atomic E-state index is 0.0800. The van der Waals surface area contributed by atoms with E-state index in [-0.39, 0.29) is 23.0 Å². The number of aliphatic hydroxyl groups is 4. The minimum Gasteiger partial charge on any atom is -0.508 e. The first-order valence-electron chi connectivity index (χ1n) is 11.6. The molecule has 1 fully saturated rings. The van der Waals surface area contributed by atoms with E-state index in [0.29, 0.717) is 22.3 Å². The third-order valence-corrected chi connectivity index (χ3v) is 7.16. The van der Waals surface area contributed by atoms with E-state index in [2.05, 4.69) is 5.43 Å². The van der Waals surface area contributed by atoms with Crippen molar-refractivity contribution in [3.63, 3.8) is 0 Å². The highest BCUT2D eigenvalue weighted by molar-refractivity contribution is 6.02. The molecule has 1 amide bonds. The zero-order chi connectivity index (χ0) is 26.1. The Morgan fingerprint density at radius 3 is 2.08 bits per heavy atom. The number of carbonyl (C=O) groups is 1. The topological polar surface area (TPSA) is 172 Å². The van der Waals surface area contributed by atoms with Gasteiger partial charge in [0.15, 0.2) is 6.23 Å². The summed E-state index contributed by atoms with van der Waals surface area (Å²) in [6.45, 7) is -0.638. The quantitative estimate of drug-likeness (QED) is 0.260. The zero-order valence-corrected chi connectivity index (χ0v) is 19.2. The van der Waals surface area contributed by atoms with Crippen molar-refractivity contribution >= 4 is 5.91 Å². The van der Waals surface area contributed by atoms with Gasteiger partial charge >= 0.3 is 0 Å². The van der Waals surface area contributed by atoms with Gasteiger partial charge in [-0.15, -0.1) is 0 Å². The Morgan fingerprint density at radius 1 is 0.838 bits per heavy atom. The molecule has 6 rings (SSSR count). The van der Waals surface area contributed by atoms with E-state index >= 15 is 0 Å². The van der Waals surface area contributed by atoms with Gasteiger partial charge in [0.25, 0.3) is 5.91 Å². The summed E-state index contributed by atoms with van der Waals surface area (Å²) in [5.41, 5.74) is 3.31. The van der Waals surface area contributed by atoms with Crippen molar-refractivity contribution in [2.24, 2.45) is 0 Å². The molecule has 3 aliphatic heterocycles. The lowest BCUT2D eigenvalue weighted by atomic mass is 9.75. The number of rotatable bonds is 3. The van der Waals surface area contributed by atoms with Crippen molar-refractivity contribution in [2.75, 3.05) is 6.61 Å². The number of amides is 1. The molecule has 3 aromatic carbocycles. The first-order chi connectivity index (χ1) is 17.8. The fourth-order valence-electron chi connectivity index (χ4n) is 5.45. The van der Waals surface area contributed by atoms with Gasteiger partial charge in [-0.1, -0.05) is 18.2 Å². The van der Waals surface area contributed by atoms with Crippen LogP contribution in [-0.2, 0) is 10.3 Å². The van der Waals surface area contributed by atoms with Crippen molar-refractivity contribution in [3.8, 4) is 23.0 Å². The average Bonchev–Trinajstić information content (AvgIpc) is 3.12. The molecular formula is C26H24N2O9. The molecule has 192 valence electrons. The molecule has 3 heterocycles. The molecule has 7 N–H and O–H groups in total. The largest absolute Gasteiger partial charge is 0.508 e. The molecular weight excluding hydrogens is 484 g/mol. The zero-order valence-electron chi connectivity index (χ0n) is 19.2. The summed E-state index contributed by atoms with van der Waals surface area (Å²) in [4.78, 5) is 13.9. The Labute approximate surface area is 210 Å². The van der Waals surface area contributed by atoms with Crippen LogP contribution in [0.4, 0.5) is 0 Å². The number of hydrazine groups is 1. The Balaban J connectivity index is 1.58. The van der Waals surface area contributed by atoms with E-state index in [9.17, 15) is 35.4 Å². The van der Waals surface area contributed by atoms with Crippen molar-refractivity contribution in [2.45, 2.75) is 36.2 Å². The smallest absolute Gasteiger partial charge is 0.269 e. The highest BCUT2D eigenvalue weighted by atomic mass is 16.6. The summed E-state index contributed by atoms with van der Waals surface area (Å²) in [5.74, 6) is -0.203. The van der Waals surface area contributed by atoms with Gasteiger partial charge in [-0.25, -0.2) is 0 Å². The van der Waals surface area contributed by atoms with Crippen molar-refractivity contribution < 1.29 is 44.9 Å². The van der Waals surface area contributed by atoms with Crippen LogP contribution in [0.1, 0.15) is 27.0 Å². The molecule has 0 saturated carbocycles. The number of nitrogens with one attached hydrogen (secondary N) is 1. The molecule has 0 aliphatic carbocycles. The van der Waals surface area contributed by atoms with Crippen LogP contribution in [0.5, 0.6) is 23.0 Å². The van der Waals surface area contributed by atoms with Crippen molar-refractivity contribution in [3.05, 3.63) is 82.9 Å².